The van der Waals surface area contributed by atoms with Gasteiger partial charge in [-0.2, -0.15) is 0 Å². The van der Waals surface area contributed by atoms with E-state index in [0.29, 0.717) is 36.8 Å². The normalized spacial score (nSPS) is 20.4. The first kappa shape index (κ1) is 33.7. The second-order valence-electron chi connectivity index (χ2n) is 13.6. The quantitative estimate of drug-likeness (QED) is 0.159. The van der Waals surface area contributed by atoms with E-state index in [2.05, 4.69) is 65.0 Å². The number of benzene rings is 1. The Balaban J connectivity index is 1.77. The standard InChI is InChI=1S/C33H53N3O6/c1-9-10-14-36(6,7)15-12-11-13-34-29(37)21-35-20-25(24-16-27(40-8)31-28(17-24)41-22-42-31)30(32(38)39)26(35)19-33(4,5)18-23(2)3/h16-18,25-26,30H,9-15,19-22H2,1-8H3,(H-,34,37,38,39)/p+1/t25?,26-,30+/m1/s1. The zero-order chi connectivity index (χ0) is 31.1. The molecule has 0 saturated carbocycles. The number of carbonyl (C=O) groups excluding carboxylic acids is 1. The van der Waals surface area contributed by atoms with Crippen LogP contribution in [0.5, 0.6) is 17.2 Å². The molecule has 236 valence electrons. The Bertz CT molecular complexity index is 1110. The summed E-state index contributed by atoms with van der Waals surface area (Å²) in [5.74, 6) is -0.337. The predicted octanol–water partition coefficient (Wildman–Crippen LogP) is 5.05. The zero-order valence-electron chi connectivity index (χ0n) is 27.1. The number of carboxylic acid groups (broad SMARTS) is 1. The number of nitrogens with zero attached hydrogens (tertiary/aromatic N) is 2. The van der Waals surface area contributed by atoms with Crippen LogP contribution in [0, 0.1) is 11.3 Å². The minimum Gasteiger partial charge on any atom is -0.493 e. The fourth-order valence-electron chi connectivity index (χ4n) is 6.66. The van der Waals surface area contributed by atoms with Crippen molar-refractivity contribution >= 4 is 11.9 Å². The third-order valence-electron chi connectivity index (χ3n) is 8.53. The maximum absolute atomic E-state index is 13.2. The second kappa shape index (κ2) is 14.6. The maximum atomic E-state index is 13.2. The van der Waals surface area contributed by atoms with Crippen LogP contribution < -0.4 is 19.5 Å². The molecule has 9 heteroatoms. The number of rotatable bonds is 16. The van der Waals surface area contributed by atoms with Crippen molar-refractivity contribution in [1.82, 2.24) is 10.2 Å². The van der Waals surface area contributed by atoms with Gasteiger partial charge in [-0.25, -0.2) is 0 Å². The summed E-state index contributed by atoms with van der Waals surface area (Å²) in [6.07, 6.45) is 7.21. The van der Waals surface area contributed by atoms with E-state index < -0.39 is 11.9 Å². The maximum Gasteiger partial charge on any atom is 0.308 e. The SMILES string of the molecule is CCCC[N+](C)(C)CCCCNC(=O)CN1CC(c2cc(OC)c3c(c2)OCO3)[C@H](C(=O)O)[C@H]1CC(C)(C)C=C(C)C. The van der Waals surface area contributed by atoms with Gasteiger partial charge < -0.3 is 29.1 Å². The molecule has 2 N–H and O–H groups in total. The number of likely N-dealkylation sites (tertiary alicyclic amines) is 1. The lowest BCUT2D eigenvalue weighted by molar-refractivity contribution is -0.890. The number of methoxy groups -OCH3 is 1. The molecule has 2 aliphatic rings. The summed E-state index contributed by atoms with van der Waals surface area (Å²) in [7, 11) is 6.10. The Morgan fingerprint density at radius 2 is 1.88 bits per heavy atom. The summed E-state index contributed by atoms with van der Waals surface area (Å²) in [4.78, 5) is 28.1. The summed E-state index contributed by atoms with van der Waals surface area (Å²) in [5.41, 5.74) is 1.76. The molecule has 1 aromatic carbocycles. The van der Waals surface area contributed by atoms with Gasteiger partial charge in [0.2, 0.25) is 18.4 Å². The Morgan fingerprint density at radius 3 is 2.52 bits per heavy atom. The number of fused-ring (bicyclic) bond motifs is 1. The summed E-state index contributed by atoms with van der Waals surface area (Å²) in [6.45, 7) is 14.2. The van der Waals surface area contributed by atoms with Crippen LogP contribution in [0.3, 0.4) is 0 Å². The van der Waals surface area contributed by atoms with Crippen molar-refractivity contribution in [3.8, 4) is 17.2 Å². The lowest BCUT2D eigenvalue weighted by Gasteiger charge is -2.33. The molecule has 2 heterocycles. The minimum absolute atomic E-state index is 0.0622. The summed E-state index contributed by atoms with van der Waals surface area (Å²) < 4.78 is 17.8. The van der Waals surface area contributed by atoms with E-state index in [-0.39, 0.29) is 36.6 Å². The Morgan fingerprint density at radius 1 is 1.17 bits per heavy atom. The smallest absolute Gasteiger partial charge is 0.308 e. The highest BCUT2D eigenvalue weighted by Crippen LogP contribution is 2.48. The van der Waals surface area contributed by atoms with Gasteiger partial charge in [-0.3, -0.25) is 14.5 Å². The van der Waals surface area contributed by atoms with Gasteiger partial charge in [0.15, 0.2) is 11.5 Å². The number of hydrogen-bond donors (Lipinski definition) is 2. The molecule has 42 heavy (non-hydrogen) atoms. The molecule has 0 aromatic heterocycles. The molecule has 1 aromatic rings. The first-order chi connectivity index (χ1) is 19.8. The molecular weight excluding hydrogens is 534 g/mol. The van der Waals surface area contributed by atoms with Crippen LogP contribution in [0.2, 0.25) is 0 Å². The van der Waals surface area contributed by atoms with Gasteiger partial charge in [0.25, 0.3) is 0 Å². The van der Waals surface area contributed by atoms with Crippen molar-refractivity contribution in [2.24, 2.45) is 11.3 Å². The molecule has 2 aliphatic heterocycles. The van der Waals surface area contributed by atoms with E-state index in [9.17, 15) is 14.7 Å². The van der Waals surface area contributed by atoms with Crippen LogP contribution in [-0.2, 0) is 9.59 Å². The highest BCUT2D eigenvalue weighted by atomic mass is 16.7. The van der Waals surface area contributed by atoms with E-state index in [1.54, 1.807) is 7.11 Å². The van der Waals surface area contributed by atoms with Gasteiger partial charge >= 0.3 is 5.97 Å². The number of quaternary nitrogens is 1. The number of carboxylic acids is 1. The Hall–Kier alpha value is -2.78. The largest absolute Gasteiger partial charge is 0.493 e. The van der Waals surface area contributed by atoms with Gasteiger partial charge in [-0.15, -0.1) is 0 Å². The molecule has 0 bridgehead atoms. The molecule has 3 atom stereocenters. The monoisotopic (exact) mass is 588 g/mol. The van der Waals surface area contributed by atoms with E-state index in [1.807, 2.05) is 12.1 Å². The number of nitrogens with one attached hydrogen (secondary N) is 1. The van der Waals surface area contributed by atoms with Crippen molar-refractivity contribution in [2.75, 3.05) is 60.7 Å². The summed E-state index contributed by atoms with van der Waals surface area (Å²) >= 11 is 0. The van der Waals surface area contributed by atoms with Crippen LogP contribution in [0.4, 0.5) is 0 Å². The van der Waals surface area contributed by atoms with E-state index in [0.717, 1.165) is 29.4 Å². The molecular formula is C33H54N3O6+. The fraction of sp³-hybridized carbons (Fsp3) is 0.697. The lowest BCUT2D eigenvalue weighted by Crippen LogP contribution is -2.44. The van der Waals surface area contributed by atoms with Gasteiger partial charge in [-0.05, 0) is 62.6 Å². The third kappa shape index (κ3) is 9.11. The predicted molar refractivity (Wildman–Crippen MR) is 165 cm³/mol. The average Bonchev–Trinajstić information content (AvgIpc) is 3.50. The van der Waals surface area contributed by atoms with E-state index in [1.165, 1.54) is 25.0 Å². The Labute approximate surface area is 252 Å². The van der Waals surface area contributed by atoms with E-state index >= 15 is 0 Å². The van der Waals surface area contributed by atoms with E-state index in [4.69, 9.17) is 14.2 Å². The van der Waals surface area contributed by atoms with Crippen molar-refractivity contribution in [3.05, 3.63) is 29.3 Å². The van der Waals surface area contributed by atoms with Crippen molar-refractivity contribution in [3.63, 3.8) is 0 Å². The van der Waals surface area contributed by atoms with Crippen molar-refractivity contribution in [2.45, 2.75) is 78.7 Å². The zero-order valence-corrected chi connectivity index (χ0v) is 27.1. The number of carbonyl (C=O) groups is 2. The number of hydrogen-bond acceptors (Lipinski definition) is 6. The number of unbranched alkanes of at least 4 members (excludes halogenated alkanes) is 2. The van der Waals surface area contributed by atoms with Gasteiger partial charge in [0, 0.05) is 25.0 Å². The molecule has 1 unspecified atom stereocenters. The first-order valence-electron chi connectivity index (χ1n) is 15.5. The molecule has 1 amide bonds. The molecule has 3 rings (SSSR count). The van der Waals surface area contributed by atoms with Gasteiger partial charge in [0.05, 0.1) is 46.8 Å². The van der Waals surface area contributed by atoms with Crippen molar-refractivity contribution in [1.29, 1.82) is 0 Å². The highest BCUT2D eigenvalue weighted by Gasteiger charge is 2.48. The molecule has 9 nitrogen and oxygen atoms in total. The number of allylic oxidation sites excluding steroid dienone is 2. The van der Waals surface area contributed by atoms with Crippen LogP contribution in [0.25, 0.3) is 0 Å². The Kier molecular flexibility index (Phi) is 11.7. The number of amides is 1. The number of aliphatic carboxylic acids is 1. The first-order valence-corrected chi connectivity index (χ1v) is 15.5. The lowest BCUT2D eigenvalue weighted by atomic mass is 9.77. The molecule has 1 fully saturated rings. The number of ether oxygens (including phenoxy) is 3. The molecule has 0 spiro atoms. The third-order valence-corrected chi connectivity index (χ3v) is 8.53. The molecule has 0 aliphatic carbocycles. The molecule has 0 radical (unpaired) electrons. The van der Waals surface area contributed by atoms with Crippen LogP contribution >= 0.6 is 0 Å². The van der Waals surface area contributed by atoms with Crippen LogP contribution in [0.15, 0.2) is 23.8 Å². The van der Waals surface area contributed by atoms with Gasteiger partial charge in [-0.1, -0.05) is 38.8 Å². The summed E-state index contributed by atoms with van der Waals surface area (Å²) in [5, 5.41) is 13.7. The van der Waals surface area contributed by atoms with Crippen LogP contribution in [-0.4, -0.2) is 93.1 Å². The topological polar surface area (TPSA) is 97.3 Å². The highest BCUT2D eigenvalue weighted by molar-refractivity contribution is 5.79. The van der Waals surface area contributed by atoms with Crippen LogP contribution in [0.1, 0.15) is 78.2 Å². The average molecular weight is 589 g/mol. The fourth-order valence-corrected chi connectivity index (χ4v) is 6.66. The van der Waals surface area contributed by atoms with Crippen molar-refractivity contribution < 1.29 is 33.4 Å². The summed E-state index contributed by atoms with van der Waals surface area (Å²) in [6, 6.07) is 3.40. The minimum atomic E-state index is -0.860. The second-order valence-corrected chi connectivity index (χ2v) is 13.6. The van der Waals surface area contributed by atoms with Gasteiger partial charge in [0.1, 0.15) is 0 Å². The molecule has 1 saturated heterocycles.